The topological polar surface area (TPSA) is 20.2 Å². The minimum atomic E-state index is -2.53. The van der Waals surface area contributed by atoms with Gasteiger partial charge in [-0.15, -0.1) is 0 Å². The predicted octanol–water partition coefficient (Wildman–Crippen LogP) is 2.58. The Morgan fingerprint density at radius 3 is 2.42 bits per heavy atom. The van der Waals surface area contributed by atoms with Gasteiger partial charge in [-0.05, 0) is 38.5 Å². The zero-order chi connectivity index (χ0) is 9.19. The molecule has 0 aromatic carbocycles. The minimum absolute atomic E-state index is 0.0454. The van der Waals surface area contributed by atoms with Crippen LogP contribution in [0.5, 0.6) is 0 Å². The first-order chi connectivity index (χ1) is 5.49. The lowest BCUT2D eigenvalue weighted by molar-refractivity contribution is -0.00683. The molecule has 1 rings (SSSR count). The van der Waals surface area contributed by atoms with Crippen LogP contribution in [0.1, 0.15) is 39.0 Å². The maximum atomic E-state index is 12.3. The molecule has 0 saturated heterocycles. The molecule has 1 aliphatic carbocycles. The molecule has 0 spiro atoms. The van der Waals surface area contributed by atoms with E-state index in [0.29, 0.717) is 12.3 Å². The molecule has 0 radical (unpaired) electrons. The van der Waals surface area contributed by atoms with Crippen molar-refractivity contribution in [2.75, 3.05) is 0 Å². The smallest absolute Gasteiger partial charge is 0.245 e. The van der Waals surface area contributed by atoms with Crippen molar-refractivity contribution >= 4 is 0 Å². The third-order valence-corrected chi connectivity index (χ3v) is 2.57. The van der Waals surface area contributed by atoms with Crippen molar-refractivity contribution in [3.8, 4) is 0 Å². The number of aliphatic hydroxyl groups is 1. The van der Waals surface area contributed by atoms with Gasteiger partial charge in [-0.25, -0.2) is 8.78 Å². The van der Waals surface area contributed by atoms with Gasteiger partial charge >= 0.3 is 0 Å². The van der Waals surface area contributed by atoms with Crippen molar-refractivity contribution in [2.24, 2.45) is 5.92 Å². The van der Waals surface area contributed by atoms with Crippen molar-refractivity contribution in [3.63, 3.8) is 0 Å². The van der Waals surface area contributed by atoms with Crippen molar-refractivity contribution < 1.29 is 13.9 Å². The summed E-state index contributed by atoms with van der Waals surface area (Å²) in [5.41, 5.74) is 0. The van der Waals surface area contributed by atoms with Gasteiger partial charge in [0.05, 0.1) is 6.10 Å². The Balaban J connectivity index is 2.03. The fourth-order valence-corrected chi connectivity index (χ4v) is 1.56. The highest BCUT2D eigenvalue weighted by atomic mass is 19.3. The average Bonchev–Trinajstić information content (AvgIpc) is 1.93. The summed E-state index contributed by atoms with van der Waals surface area (Å²) in [6.45, 7) is 0.949. The Labute approximate surface area is 71.8 Å². The molecular formula is C9H16F2O. The van der Waals surface area contributed by atoms with Crippen molar-refractivity contribution in [1.29, 1.82) is 0 Å². The van der Waals surface area contributed by atoms with Gasteiger partial charge in [-0.1, -0.05) is 0 Å². The van der Waals surface area contributed by atoms with E-state index in [4.69, 9.17) is 5.11 Å². The minimum Gasteiger partial charge on any atom is -0.393 e. The second-order valence-corrected chi connectivity index (χ2v) is 3.87. The van der Waals surface area contributed by atoms with E-state index in [1.54, 1.807) is 0 Å². The SMILES string of the molecule is CC(F)(F)CCCC1CCC1O. The lowest BCUT2D eigenvalue weighted by atomic mass is 9.78. The molecule has 1 N–H and O–H groups in total. The summed E-state index contributed by atoms with van der Waals surface area (Å²) in [6.07, 6.45) is 2.89. The lowest BCUT2D eigenvalue weighted by Crippen LogP contribution is -2.31. The van der Waals surface area contributed by atoms with Gasteiger partial charge in [0.15, 0.2) is 0 Å². The van der Waals surface area contributed by atoms with Gasteiger partial charge in [0.2, 0.25) is 5.92 Å². The molecule has 0 aromatic heterocycles. The van der Waals surface area contributed by atoms with Crippen LogP contribution in [0.25, 0.3) is 0 Å². The Morgan fingerprint density at radius 1 is 1.42 bits per heavy atom. The van der Waals surface area contributed by atoms with E-state index in [-0.39, 0.29) is 12.5 Å². The summed E-state index contributed by atoms with van der Waals surface area (Å²) in [7, 11) is 0. The highest BCUT2D eigenvalue weighted by Gasteiger charge is 2.29. The molecule has 72 valence electrons. The number of alkyl halides is 2. The molecule has 2 unspecified atom stereocenters. The van der Waals surface area contributed by atoms with Crippen LogP contribution in [0, 0.1) is 5.92 Å². The van der Waals surface area contributed by atoms with Crippen LogP contribution in [0.3, 0.4) is 0 Å². The Kier molecular flexibility index (Phi) is 3.04. The van der Waals surface area contributed by atoms with Gasteiger partial charge in [0, 0.05) is 6.42 Å². The van der Waals surface area contributed by atoms with Crippen molar-refractivity contribution in [1.82, 2.24) is 0 Å². The van der Waals surface area contributed by atoms with Crippen LogP contribution in [-0.4, -0.2) is 17.1 Å². The molecule has 1 saturated carbocycles. The summed E-state index contributed by atoms with van der Waals surface area (Å²) < 4.78 is 24.7. The quantitative estimate of drug-likeness (QED) is 0.701. The van der Waals surface area contributed by atoms with Crippen LogP contribution in [0.2, 0.25) is 0 Å². The number of rotatable bonds is 4. The first-order valence-corrected chi connectivity index (χ1v) is 4.55. The number of hydrogen-bond donors (Lipinski definition) is 1. The molecular weight excluding hydrogens is 162 g/mol. The standard InChI is InChI=1S/C9H16F2O/c1-9(10,11)6-2-3-7-4-5-8(7)12/h7-8,12H,2-6H2,1H3. The summed E-state index contributed by atoms with van der Waals surface area (Å²) in [5, 5.41) is 9.15. The van der Waals surface area contributed by atoms with Crippen LogP contribution in [0.15, 0.2) is 0 Å². The normalized spacial score (nSPS) is 30.0. The molecule has 1 aliphatic rings. The summed E-state index contributed by atoms with van der Waals surface area (Å²) in [5.74, 6) is -2.23. The van der Waals surface area contributed by atoms with Crippen LogP contribution in [0.4, 0.5) is 8.78 Å². The highest BCUT2D eigenvalue weighted by molar-refractivity contribution is 4.79. The Hall–Kier alpha value is -0.180. The molecule has 1 nitrogen and oxygen atoms in total. The molecule has 12 heavy (non-hydrogen) atoms. The van der Waals surface area contributed by atoms with E-state index in [1.165, 1.54) is 0 Å². The van der Waals surface area contributed by atoms with Crippen molar-refractivity contribution in [3.05, 3.63) is 0 Å². The van der Waals surface area contributed by atoms with E-state index in [0.717, 1.165) is 26.2 Å². The first kappa shape index (κ1) is 9.90. The average molecular weight is 178 g/mol. The summed E-state index contributed by atoms with van der Waals surface area (Å²) >= 11 is 0. The van der Waals surface area contributed by atoms with Crippen LogP contribution < -0.4 is 0 Å². The monoisotopic (exact) mass is 178 g/mol. The van der Waals surface area contributed by atoms with Gasteiger partial charge in [-0.3, -0.25) is 0 Å². The van der Waals surface area contributed by atoms with Crippen molar-refractivity contribution in [2.45, 2.75) is 51.1 Å². The first-order valence-electron chi connectivity index (χ1n) is 4.55. The molecule has 0 amide bonds. The largest absolute Gasteiger partial charge is 0.393 e. The molecule has 0 heterocycles. The van der Waals surface area contributed by atoms with E-state index < -0.39 is 5.92 Å². The van der Waals surface area contributed by atoms with Gasteiger partial charge < -0.3 is 5.11 Å². The maximum Gasteiger partial charge on any atom is 0.245 e. The maximum absolute atomic E-state index is 12.3. The zero-order valence-corrected chi connectivity index (χ0v) is 7.39. The van der Waals surface area contributed by atoms with Gasteiger partial charge in [0.1, 0.15) is 0 Å². The number of aliphatic hydroxyl groups excluding tert-OH is 1. The predicted molar refractivity (Wildman–Crippen MR) is 43.2 cm³/mol. The zero-order valence-electron chi connectivity index (χ0n) is 7.39. The lowest BCUT2D eigenvalue weighted by Gasteiger charge is -2.32. The third-order valence-electron chi connectivity index (χ3n) is 2.57. The molecule has 0 aromatic rings. The molecule has 0 aliphatic heterocycles. The van der Waals surface area contributed by atoms with Crippen LogP contribution in [-0.2, 0) is 0 Å². The third kappa shape index (κ3) is 3.05. The molecule has 1 fully saturated rings. The number of halogens is 2. The van der Waals surface area contributed by atoms with E-state index >= 15 is 0 Å². The Morgan fingerprint density at radius 2 is 2.08 bits per heavy atom. The Bertz CT molecular complexity index is 142. The van der Waals surface area contributed by atoms with E-state index in [1.807, 2.05) is 0 Å². The second kappa shape index (κ2) is 3.69. The van der Waals surface area contributed by atoms with E-state index in [9.17, 15) is 8.78 Å². The number of hydrogen-bond acceptors (Lipinski definition) is 1. The fraction of sp³-hybridized carbons (Fsp3) is 1.00. The summed E-state index contributed by atoms with van der Waals surface area (Å²) in [6, 6.07) is 0. The molecule has 0 bridgehead atoms. The van der Waals surface area contributed by atoms with Crippen LogP contribution >= 0.6 is 0 Å². The highest BCUT2D eigenvalue weighted by Crippen LogP contribution is 2.33. The van der Waals surface area contributed by atoms with Gasteiger partial charge in [-0.2, -0.15) is 0 Å². The fourth-order valence-electron chi connectivity index (χ4n) is 1.56. The van der Waals surface area contributed by atoms with E-state index in [2.05, 4.69) is 0 Å². The van der Waals surface area contributed by atoms with Gasteiger partial charge in [0.25, 0.3) is 0 Å². The molecule has 2 atom stereocenters. The second-order valence-electron chi connectivity index (χ2n) is 3.87. The summed E-state index contributed by atoms with van der Waals surface area (Å²) in [4.78, 5) is 0. The molecule has 3 heteroatoms.